The van der Waals surface area contributed by atoms with Crippen molar-refractivity contribution in [1.82, 2.24) is 0 Å². The summed E-state index contributed by atoms with van der Waals surface area (Å²) in [5.41, 5.74) is 2.74. The van der Waals surface area contributed by atoms with Gasteiger partial charge in [-0.25, -0.2) is 4.79 Å². The van der Waals surface area contributed by atoms with Gasteiger partial charge in [-0.1, -0.05) is 18.9 Å². The normalized spacial score (nSPS) is 12.4. The van der Waals surface area contributed by atoms with Crippen LogP contribution < -0.4 is 9.64 Å². The number of carbonyl (C=O) groups excluding carboxylic acids is 3. The zero-order valence-electron chi connectivity index (χ0n) is 18.6. The van der Waals surface area contributed by atoms with Gasteiger partial charge in [0.05, 0.1) is 32.4 Å². The van der Waals surface area contributed by atoms with Crippen LogP contribution in [0.4, 0.5) is 5.69 Å². The third-order valence-electron chi connectivity index (χ3n) is 5.33. The average Bonchev–Trinajstić information content (AvgIpc) is 3.14. The molecule has 0 radical (unpaired) electrons. The van der Waals surface area contributed by atoms with Crippen molar-refractivity contribution < 1.29 is 28.6 Å². The molecule has 0 atom stereocenters. The second-order valence-corrected chi connectivity index (χ2v) is 7.57. The van der Waals surface area contributed by atoms with Crippen molar-refractivity contribution in [3.8, 4) is 5.75 Å². The fraction of sp³-hybridized carbons (Fsp3) is 0.400. The fourth-order valence-corrected chi connectivity index (χ4v) is 3.62. The number of anilines is 1. The van der Waals surface area contributed by atoms with E-state index in [4.69, 9.17) is 14.2 Å². The molecule has 32 heavy (non-hydrogen) atoms. The van der Waals surface area contributed by atoms with E-state index < -0.39 is 5.97 Å². The summed E-state index contributed by atoms with van der Waals surface area (Å²) in [6.45, 7) is 3.27. The zero-order chi connectivity index (χ0) is 22.9. The molecule has 2 aromatic carbocycles. The van der Waals surface area contributed by atoms with Gasteiger partial charge < -0.3 is 19.1 Å². The van der Waals surface area contributed by atoms with Gasteiger partial charge in [-0.2, -0.15) is 0 Å². The zero-order valence-corrected chi connectivity index (χ0v) is 18.6. The minimum atomic E-state index is -0.409. The smallest absolute Gasteiger partial charge is 0.337 e. The van der Waals surface area contributed by atoms with Crippen molar-refractivity contribution in [2.75, 3.05) is 25.2 Å². The molecule has 0 fully saturated rings. The number of hydrogen-bond acceptors (Lipinski definition) is 6. The lowest BCUT2D eigenvalue weighted by Gasteiger charge is -2.15. The number of esters is 2. The molecule has 0 spiro atoms. The van der Waals surface area contributed by atoms with E-state index in [-0.39, 0.29) is 11.9 Å². The molecule has 2 aromatic rings. The van der Waals surface area contributed by atoms with Gasteiger partial charge in [-0.15, -0.1) is 0 Å². The topological polar surface area (TPSA) is 82.1 Å². The maximum Gasteiger partial charge on any atom is 0.337 e. The number of rotatable bonds is 11. The SMILES string of the molecule is CCOC(=O)CCCCCCOc1ccc2c(c1)C(=O)N(c1ccc(C(=O)OC)cc1)C2. The third kappa shape index (κ3) is 5.87. The Kier molecular flexibility index (Phi) is 8.25. The molecular weight excluding hydrogens is 410 g/mol. The molecule has 3 rings (SSSR count). The van der Waals surface area contributed by atoms with Crippen molar-refractivity contribution >= 4 is 23.5 Å². The number of amides is 1. The van der Waals surface area contributed by atoms with Crippen molar-refractivity contribution in [2.24, 2.45) is 0 Å². The largest absolute Gasteiger partial charge is 0.494 e. The Hall–Kier alpha value is -3.35. The molecule has 0 aliphatic carbocycles. The monoisotopic (exact) mass is 439 g/mol. The lowest BCUT2D eigenvalue weighted by Crippen LogP contribution is -2.23. The Morgan fingerprint density at radius 1 is 1.00 bits per heavy atom. The minimum absolute atomic E-state index is 0.0877. The second-order valence-electron chi connectivity index (χ2n) is 7.57. The highest BCUT2D eigenvalue weighted by Gasteiger charge is 2.29. The first kappa shape index (κ1) is 23.3. The Morgan fingerprint density at radius 3 is 2.47 bits per heavy atom. The van der Waals surface area contributed by atoms with Crippen LogP contribution in [0.15, 0.2) is 42.5 Å². The first-order valence-electron chi connectivity index (χ1n) is 10.9. The number of fused-ring (bicyclic) bond motifs is 1. The van der Waals surface area contributed by atoms with Gasteiger partial charge in [-0.05, 0) is 61.7 Å². The summed E-state index contributed by atoms with van der Waals surface area (Å²) in [6, 6.07) is 12.4. The lowest BCUT2D eigenvalue weighted by molar-refractivity contribution is -0.143. The maximum atomic E-state index is 12.9. The highest BCUT2D eigenvalue weighted by Crippen LogP contribution is 2.31. The Labute approximate surface area is 188 Å². The van der Waals surface area contributed by atoms with Crippen LogP contribution in [0.2, 0.25) is 0 Å². The summed E-state index contributed by atoms with van der Waals surface area (Å²) in [5, 5.41) is 0. The van der Waals surface area contributed by atoms with Crippen LogP contribution in [0, 0.1) is 0 Å². The van der Waals surface area contributed by atoms with Crippen molar-refractivity contribution in [1.29, 1.82) is 0 Å². The number of unbranched alkanes of at least 4 members (excludes halogenated alkanes) is 3. The van der Waals surface area contributed by atoms with Gasteiger partial charge in [0.15, 0.2) is 0 Å². The minimum Gasteiger partial charge on any atom is -0.494 e. The fourth-order valence-electron chi connectivity index (χ4n) is 3.62. The van der Waals surface area contributed by atoms with Gasteiger partial charge >= 0.3 is 11.9 Å². The molecule has 0 saturated carbocycles. The van der Waals surface area contributed by atoms with Gasteiger partial charge in [0.25, 0.3) is 5.91 Å². The molecule has 0 aromatic heterocycles. The van der Waals surface area contributed by atoms with Crippen LogP contribution in [0.25, 0.3) is 0 Å². The Balaban J connectivity index is 1.48. The molecule has 0 bridgehead atoms. The van der Waals surface area contributed by atoms with Crippen molar-refractivity contribution in [3.05, 3.63) is 59.2 Å². The van der Waals surface area contributed by atoms with Crippen LogP contribution in [-0.4, -0.2) is 38.2 Å². The molecule has 7 heteroatoms. The molecule has 0 saturated heterocycles. The summed E-state index contributed by atoms with van der Waals surface area (Å²) in [7, 11) is 1.34. The van der Waals surface area contributed by atoms with Gasteiger partial charge in [-0.3, -0.25) is 9.59 Å². The molecule has 0 unspecified atom stereocenters. The van der Waals surface area contributed by atoms with E-state index in [9.17, 15) is 14.4 Å². The first-order chi connectivity index (χ1) is 15.5. The molecule has 1 heterocycles. The molecule has 170 valence electrons. The molecule has 1 aliphatic heterocycles. The van der Waals surface area contributed by atoms with E-state index in [1.54, 1.807) is 35.2 Å². The second kappa shape index (κ2) is 11.3. The van der Waals surface area contributed by atoms with E-state index in [0.717, 1.165) is 36.9 Å². The average molecular weight is 440 g/mol. The van der Waals surface area contributed by atoms with Crippen LogP contribution >= 0.6 is 0 Å². The number of ether oxygens (including phenoxy) is 3. The summed E-state index contributed by atoms with van der Waals surface area (Å²) in [4.78, 5) is 37.5. The van der Waals surface area contributed by atoms with E-state index in [1.165, 1.54) is 7.11 Å². The number of carbonyl (C=O) groups is 3. The number of hydrogen-bond donors (Lipinski definition) is 0. The molecular formula is C25H29NO6. The van der Waals surface area contributed by atoms with Gasteiger partial charge in [0.2, 0.25) is 0 Å². The molecule has 1 aliphatic rings. The van der Waals surface area contributed by atoms with Gasteiger partial charge in [0, 0.05) is 17.7 Å². The van der Waals surface area contributed by atoms with Crippen LogP contribution in [0.5, 0.6) is 5.75 Å². The number of benzene rings is 2. The van der Waals surface area contributed by atoms with Crippen molar-refractivity contribution in [3.63, 3.8) is 0 Å². The highest BCUT2D eigenvalue weighted by molar-refractivity contribution is 6.10. The molecule has 1 amide bonds. The van der Waals surface area contributed by atoms with E-state index in [1.807, 2.05) is 19.1 Å². The number of methoxy groups -OCH3 is 1. The number of nitrogens with zero attached hydrogens (tertiary/aromatic N) is 1. The standard InChI is InChI=1S/C25H29NO6/c1-3-31-23(27)8-6-4-5-7-15-32-21-14-11-19-17-26(24(28)22(19)16-21)20-12-9-18(10-13-20)25(29)30-2/h9-14,16H,3-8,15,17H2,1-2H3. The first-order valence-corrected chi connectivity index (χ1v) is 10.9. The summed E-state index contributed by atoms with van der Waals surface area (Å²) in [6.07, 6.45) is 4.09. The summed E-state index contributed by atoms with van der Waals surface area (Å²) in [5.74, 6) is 0.0372. The molecule has 7 nitrogen and oxygen atoms in total. The highest BCUT2D eigenvalue weighted by atomic mass is 16.5. The Bertz CT molecular complexity index is 953. The Morgan fingerprint density at radius 2 is 1.75 bits per heavy atom. The van der Waals surface area contributed by atoms with Crippen molar-refractivity contribution in [2.45, 2.75) is 45.6 Å². The summed E-state index contributed by atoms with van der Waals surface area (Å²) < 4.78 is 15.5. The van der Waals surface area contributed by atoms with Crippen LogP contribution in [0.1, 0.15) is 65.3 Å². The third-order valence-corrected chi connectivity index (χ3v) is 5.33. The van der Waals surface area contributed by atoms with E-state index >= 15 is 0 Å². The predicted octanol–water partition coefficient (Wildman–Crippen LogP) is 4.53. The summed E-state index contributed by atoms with van der Waals surface area (Å²) >= 11 is 0. The van der Waals surface area contributed by atoms with Crippen LogP contribution in [0.3, 0.4) is 0 Å². The van der Waals surface area contributed by atoms with E-state index in [2.05, 4.69) is 0 Å². The molecule has 0 N–H and O–H groups in total. The maximum absolute atomic E-state index is 12.9. The van der Waals surface area contributed by atoms with E-state index in [0.29, 0.717) is 43.1 Å². The predicted molar refractivity (Wildman–Crippen MR) is 120 cm³/mol. The quantitative estimate of drug-likeness (QED) is 0.378. The van der Waals surface area contributed by atoms with Crippen LogP contribution in [-0.2, 0) is 20.8 Å². The lowest BCUT2D eigenvalue weighted by atomic mass is 10.1. The van der Waals surface area contributed by atoms with Gasteiger partial charge in [0.1, 0.15) is 5.75 Å².